The maximum atomic E-state index is 10.5. The van der Waals surface area contributed by atoms with Crippen molar-refractivity contribution in [3.8, 4) is 0 Å². The Hall–Kier alpha value is -1.28. The highest BCUT2D eigenvalue weighted by molar-refractivity contribution is 5.21. The first kappa shape index (κ1) is 18.1. The van der Waals surface area contributed by atoms with Gasteiger partial charge in [0.15, 0.2) is 12.6 Å². The third-order valence-corrected chi connectivity index (χ3v) is 5.92. The van der Waals surface area contributed by atoms with Crippen molar-refractivity contribution in [1.29, 1.82) is 0 Å². The molecule has 3 fully saturated rings. The van der Waals surface area contributed by atoms with Crippen LogP contribution in [0, 0.1) is 5.92 Å². The van der Waals surface area contributed by atoms with Gasteiger partial charge in [0.25, 0.3) is 0 Å². The number of hydrogen-bond donors (Lipinski definition) is 1. The van der Waals surface area contributed by atoms with Crippen LogP contribution in [0.5, 0.6) is 0 Å². The van der Waals surface area contributed by atoms with Crippen LogP contribution in [0.2, 0.25) is 0 Å². The molecule has 0 unspecified atom stereocenters. The molecule has 4 rings (SSSR count). The molecular weight excluding hydrogens is 336 g/mol. The minimum absolute atomic E-state index is 0.107. The Balaban J connectivity index is 1.68. The molecule has 0 aromatic heterocycles. The van der Waals surface area contributed by atoms with E-state index in [1.165, 1.54) is 0 Å². The minimum atomic E-state index is -0.721. The molecule has 142 valence electrons. The van der Waals surface area contributed by atoms with Crippen molar-refractivity contribution < 1.29 is 28.8 Å². The first-order chi connectivity index (χ1) is 12.6. The number of aliphatic hydroxyl groups excluding tert-OH is 1. The van der Waals surface area contributed by atoms with E-state index < -0.39 is 24.3 Å². The van der Waals surface area contributed by atoms with Crippen molar-refractivity contribution in [2.24, 2.45) is 5.92 Å². The number of benzene rings is 1. The van der Waals surface area contributed by atoms with Gasteiger partial charge in [0.05, 0.1) is 12.7 Å². The van der Waals surface area contributed by atoms with E-state index in [0.29, 0.717) is 19.4 Å². The standard InChI is InChI=1S/C20H26O6/c1-12-9-14-19(22-2)25-16-11-24-18(13-7-5-4-6-8-13)26-17(16)20(14,23-3)10-15(12)21/h4-8,14-19,21H,1,9-11H2,2-3H3/t14-,15-,16+,17+,18+,19-,20-/m0/s1. The van der Waals surface area contributed by atoms with Gasteiger partial charge in [-0.05, 0) is 12.0 Å². The highest BCUT2D eigenvalue weighted by atomic mass is 16.7. The van der Waals surface area contributed by atoms with Gasteiger partial charge in [-0.1, -0.05) is 36.9 Å². The van der Waals surface area contributed by atoms with Crippen LogP contribution in [0.4, 0.5) is 0 Å². The summed E-state index contributed by atoms with van der Waals surface area (Å²) in [4.78, 5) is 0. The summed E-state index contributed by atoms with van der Waals surface area (Å²) >= 11 is 0. The van der Waals surface area contributed by atoms with E-state index in [0.717, 1.165) is 11.1 Å². The van der Waals surface area contributed by atoms with Gasteiger partial charge in [-0.25, -0.2) is 0 Å². The van der Waals surface area contributed by atoms with Gasteiger partial charge in [0, 0.05) is 32.1 Å². The fraction of sp³-hybridized carbons (Fsp3) is 0.600. The molecule has 0 bridgehead atoms. The summed E-state index contributed by atoms with van der Waals surface area (Å²) in [7, 11) is 3.29. The second-order valence-electron chi connectivity index (χ2n) is 7.26. The SMILES string of the molecule is C=C1C[C@H]2[C@@H](OC)O[C@@H]3CO[C@@H](c4ccccc4)O[C@H]3[C@]2(OC)C[C@@H]1O. The lowest BCUT2D eigenvalue weighted by Crippen LogP contribution is -2.70. The average molecular weight is 362 g/mol. The van der Waals surface area contributed by atoms with Crippen LogP contribution in [0.15, 0.2) is 42.5 Å². The summed E-state index contributed by atoms with van der Waals surface area (Å²) < 4.78 is 30.0. The smallest absolute Gasteiger partial charge is 0.184 e. The topological polar surface area (TPSA) is 66.4 Å². The van der Waals surface area contributed by atoms with Crippen LogP contribution in [0.1, 0.15) is 24.7 Å². The Morgan fingerprint density at radius 1 is 1.19 bits per heavy atom. The molecule has 1 aromatic rings. The summed E-state index contributed by atoms with van der Waals surface area (Å²) in [6, 6.07) is 9.81. The molecule has 7 atom stereocenters. The van der Waals surface area contributed by atoms with E-state index in [2.05, 4.69) is 6.58 Å². The van der Waals surface area contributed by atoms with Gasteiger partial charge in [-0.2, -0.15) is 0 Å². The van der Waals surface area contributed by atoms with Gasteiger partial charge >= 0.3 is 0 Å². The molecule has 2 saturated heterocycles. The molecule has 26 heavy (non-hydrogen) atoms. The molecule has 3 aliphatic rings. The maximum absolute atomic E-state index is 10.5. The molecule has 2 aliphatic heterocycles. The third-order valence-electron chi connectivity index (χ3n) is 5.92. The van der Waals surface area contributed by atoms with Crippen molar-refractivity contribution in [2.45, 2.75) is 49.3 Å². The summed E-state index contributed by atoms with van der Waals surface area (Å²) in [6.07, 6.45) is -1.31. The number of fused-ring (bicyclic) bond motifs is 3. The van der Waals surface area contributed by atoms with Gasteiger partial charge < -0.3 is 28.8 Å². The molecule has 2 heterocycles. The van der Waals surface area contributed by atoms with Gasteiger partial charge in [-0.3, -0.25) is 0 Å². The lowest BCUT2D eigenvalue weighted by molar-refractivity contribution is -0.384. The average Bonchev–Trinajstić information content (AvgIpc) is 2.69. The molecule has 0 amide bonds. The van der Waals surface area contributed by atoms with Crippen LogP contribution >= 0.6 is 0 Å². The Kier molecular flexibility index (Phi) is 4.90. The van der Waals surface area contributed by atoms with E-state index >= 15 is 0 Å². The van der Waals surface area contributed by atoms with Crippen molar-refractivity contribution in [2.75, 3.05) is 20.8 Å². The van der Waals surface area contributed by atoms with E-state index in [-0.39, 0.29) is 18.1 Å². The molecule has 1 N–H and O–H groups in total. The monoisotopic (exact) mass is 362 g/mol. The van der Waals surface area contributed by atoms with Crippen LogP contribution in [-0.2, 0) is 23.7 Å². The first-order valence-electron chi connectivity index (χ1n) is 9.00. The molecule has 0 radical (unpaired) electrons. The largest absolute Gasteiger partial charge is 0.389 e. The van der Waals surface area contributed by atoms with Crippen molar-refractivity contribution >= 4 is 0 Å². The zero-order chi connectivity index (χ0) is 18.3. The molecule has 6 heteroatoms. The van der Waals surface area contributed by atoms with E-state index in [9.17, 15) is 5.11 Å². The number of aliphatic hydroxyl groups is 1. The lowest BCUT2D eigenvalue weighted by atomic mass is 9.66. The Labute approximate surface area is 153 Å². The van der Waals surface area contributed by atoms with Gasteiger partial charge in [0.2, 0.25) is 0 Å². The zero-order valence-electron chi connectivity index (χ0n) is 15.2. The van der Waals surface area contributed by atoms with Crippen LogP contribution in [-0.4, -0.2) is 56.1 Å². The van der Waals surface area contributed by atoms with Crippen LogP contribution in [0.25, 0.3) is 0 Å². The number of ether oxygens (including phenoxy) is 5. The molecule has 1 saturated carbocycles. The van der Waals surface area contributed by atoms with E-state index in [4.69, 9.17) is 23.7 Å². The molecular formula is C20H26O6. The fourth-order valence-electron chi connectivity index (χ4n) is 4.54. The molecule has 6 nitrogen and oxygen atoms in total. The highest BCUT2D eigenvalue weighted by Gasteiger charge is 2.62. The maximum Gasteiger partial charge on any atom is 0.184 e. The van der Waals surface area contributed by atoms with Crippen LogP contribution < -0.4 is 0 Å². The van der Waals surface area contributed by atoms with Crippen molar-refractivity contribution in [3.05, 3.63) is 48.0 Å². The lowest BCUT2D eigenvalue weighted by Gasteiger charge is -2.58. The predicted molar refractivity (Wildman–Crippen MR) is 93.3 cm³/mol. The normalized spacial score (nSPS) is 42.8. The predicted octanol–water partition coefficient (Wildman–Crippen LogP) is 2.18. The second-order valence-corrected chi connectivity index (χ2v) is 7.26. The summed E-state index contributed by atoms with van der Waals surface area (Å²) in [5, 5.41) is 10.5. The highest BCUT2D eigenvalue weighted by Crippen LogP contribution is 2.51. The van der Waals surface area contributed by atoms with Crippen molar-refractivity contribution in [3.63, 3.8) is 0 Å². The third kappa shape index (κ3) is 2.81. The van der Waals surface area contributed by atoms with Gasteiger partial charge in [0.1, 0.15) is 17.8 Å². The Morgan fingerprint density at radius 2 is 1.96 bits per heavy atom. The molecule has 1 aromatic carbocycles. The zero-order valence-corrected chi connectivity index (χ0v) is 15.2. The van der Waals surface area contributed by atoms with E-state index in [1.54, 1.807) is 14.2 Å². The Bertz CT molecular complexity index is 649. The first-order valence-corrected chi connectivity index (χ1v) is 9.00. The quantitative estimate of drug-likeness (QED) is 0.832. The fourth-order valence-corrected chi connectivity index (χ4v) is 4.54. The summed E-state index contributed by atoms with van der Waals surface area (Å²) in [5.74, 6) is -0.107. The number of rotatable bonds is 3. The molecule has 1 aliphatic carbocycles. The van der Waals surface area contributed by atoms with Gasteiger partial charge in [-0.15, -0.1) is 0 Å². The number of hydrogen-bond acceptors (Lipinski definition) is 6. The summed E-state index contributed by atoms with van der Waals surface area (Å²) in [6.45, 7) is 4.38. The second kappa shape index (κ2) is 7.03. The number of methoxy groups -OCH3 is 2. The summed E-state index contributed by atoms with van der Waals surface area (Å²) in [5.41, 5.74) is 1.00. The van der Waals surface area contributed by atoms with Crippen molar-refractivity contribution in [1.82, 2.24) is 0 Å². The minimum Gasteiger partial charge on any atom is -0.389 e. The Morgan fingerprint density at radius 3 is 2.65 bits per heavy atom. The molecule has 0 spiro atoms. The van der Waals surface area contributed by atoms with Crippen LogP contribution in [0.3, 0.4) is 0 Å². The van der Waals surface area contributed by atoms with E-state index in [1.807, 2.05) is 30.3 Å².